The number of hydrogen-bond donors (Lipinski definition) is 0. The molecule has 0 unspecified atom stereocenters. The zero-order chi connectivity index (χ0) is 11.6. The molecular weight excluding hydrogens is 232 g/mol. The van der Waals surface area contributed by atoms with E-state index in [1.165, 1.54) is 0 Å². The Morgan fingerprint density at radius 3 is 2.88 bits per heavy atom. The summed E-state index contributed by atoms with van der Waals surface area (Å²) in [7, 11) is 1.66. The molecule has 0 aliphatic rings. The van der Waals surface area contributed by atoms with Crippen molar-refractivity contribution in [2.24, 2.45) is 0 Å². The largest absolute Gasteiger partial charge is 0.382 e. The van der Waals surface area contributed by atoms with Gasteiger partial charge in [-0.2, -0.15) is 0 Å². The molecule has 0 saturated carbocycles. The molecule has 0 atom stereocenters. The van der Waals surface area contributed by atoms with Crippen LogP contribution in [-0.4, -0.2) is 47.1 Å². The molecule has 0 saturated heterocycles. The van der Waals surface area contributed by atoms with E-state index in [0.717, 1.165) is 26.0 Å². The number of halogens is 1. The van der Waals surface area contributed by atoms with E-state index in [1.54, 1.807) is 11.8 Å². The summed E-state index contributed by atoms with van der Waals surface area (Å²) in [5, 5.41) is 11.2. The standard InChI is InChI=1S/C9H17ClN4O2/c1-15-6-7-16-5-3-2-4-14-9(8-10)11-12-13-14/h2-8H2,1H3. The van der Waals surface area contributed by atoms with Crippen LogP contribution in [0, 0.1) is 0 Å². The summed E-state index contributed by atoms with van der Waals surface area (Å²) in [5.41, 5.74) is 0. The zero-order valence-corrected chi connectivity index (χ0v) is 10.2. The normalized spacial score (nSPS) is 10.9. The summed E-state index contributed by atoms with van der Waals surface area (Å²) in [6.07, 6.45) is 1.95. The van der Waals surface area contributed by atoms with Gasteiger partial charge in [-0.1, -0.05) is 0 Å². The number of ether oxygens (including phenoxy) is 2. The molecule has 0 bridgehead atoms. The number of aryl methyl sites for hydroxylation is 1. The van der Waals surface area contributed by atoms with Crippen LogP contribution in [0.2, 0.25) is 0 Å². The van der Waals surface area contributed by atoms with Crippen LogP contribution in [0.15, 0.2) is 0 Å². The second-order valence-electron chi connectivity index (χ2n) is 3.26. The van der Waals surface area contributed by atoms with Gasteiger partial charge in [0.05, 0.1) is 19.1 Å². The second kappa shape index (κ2) is 8.43. The molecule has 1 heterocycles. The first-order valence-corrected chi connectivity index (χ1v) is 5.79. The number of aromatic nitrogens is 4. The van der Waals surface area contributed by atoms with Crippen LogP contribution < -0.4 is 0 Å². The third-order valence-electron chi connectivity index (χ3n) is 2.07. The number of rotatable bonds is 9. The molecule has 1 aromatic heterocycles. The van der Waals surface area contributed by atoms with E-state index in [1.807, 2.05) is 0 Å². The summed E-state index contributed by atoms with van der Waals surface area (Å²) in [4.78, 5) is 0. The zero-order valence-electron chi connectivity index (χ0n) is 9.43. The van der Waals surface area contributed by atoms with Crippen molar-refractivity contribution in [3.05, 3.63) is 5.82 Å². The van der Waals surface area contributed by atoms with Crippen LogP contribution in [0.25, 0.3) is 0 Å². The van der Waals surface area contributed by atoms with Gasteiger partial charge in [0, 0.05) is 20.3 Å². The Kier molecular flexibility index (Phi) is 7.03. The number of unbranched alkanes of at least 4 members (excludes halogenated alkanes) is 1. The van der Waals surface area contributed by atoms with Crippen molar-refractivity contribution in [1.82, 2.24) is 20.2 Å². The minimum atomic E-state index is 0.345. The summed E-state index contributed by atoms with van der Waals surface area (Å²) in [6.45, 7) is 2.81. The van der Waals surface area contributed by atoms with Gasteiger partial charge in [-0.25, -0.2) is 4.68 Å². The Morgan fingerprint density at radius 1 is 1.25 bits per heavy atom. The summed E-state index contributed by atoms with van der Waals surface area (Å²) < 4.78 is 11.9. The molecule has 0 aliphatic heterocycles. The fourth-order valence-corrected chi connectivity index (χ4v) is 1.39. The van der Waals surface area contributed by atoms with Crippen molar-refractivity contribution in [2.75, 3.05) is 26.9 Å². The van der Waals surface area contributed by atoms with Crippen LogP contribution in [0.1, 0.15) is 18.7 Å². The molecule has 6 nitrogen and oxygen atoms in total. The predicted molar refractivity (Wildman–Crippen MR) is 59.3 cm³/mol. The SMILES string of the molecule is COCCOCCCCn1nnnc1CCl. The third kappa shape index (κ3) is 4.87. The molecule has 92 valence electrons. The monoisotopic (exact) mass is 248 g/mol. The molecule has 16 heavy (non-hydrogen) atoms. The van der Waals surface area contributed by atoms with Crippen molar-refractivity contribution in [2.45, 2.75) is 25.3 Å². The van der Waals surface area contributed by atoms with Gasteiger partial charge in [-0.15, -0.1) is 16.7 Å². The first-order valence-electron chi connectivity index (χ1n) is 5.26. The number of hydrogen-bond acceptors (Lipinski definition) is 5. The predicted octanol–water partition coefficient (Wildman–Crippen LogP) is 0.855. The summed E-state index contributed by atoms with van der Waals surface area (Å²) in [6, 6.07) is 0. The van der Waals surface area contributed by atoms with E-state index in [-0.39, 0.29) is 0 Å². The average Bonchev–Trinajstić information content (AvgIpc) is 2.75. The van der Waals surface area contributed by atoms with E-state index in [9.17, 15) is 0 Å². The van der Waals surface area contributed by atoms with Crippen LogP contribution in [-0.2, 0) is 21.9 Å². The van der Waals surface area contributed by atoms with Gasteiger partial charge in [0.25, 0.3) is 0 Å². The highest BCUT2D eigenvalue weighted by Gasteiger charge is 2.02. The number of methoxy groups -OCH3 is 1. The molecule has 0 aromatic carbocycles. The maximum Gasteiger partial charge on any atom is 0.165 e. The molecular formula is C9H17ClN4O2. The second-order valence-corrected chi connectivity index (χ2v) is 3.53. The van der Waals surface area contributed by atoms with E-state index in [2.05, 4.69) is 15.5 Å². The van der Waals surface area contributed by atoms with Crippen LogP contribution in [0.4, 0.5) is 0 Å². The number of tetrazole rings is 1. The van der Waals surface area contributed by atoms with Crippen molar-refractivity contribution in [1.29, 1.82) is 0 Å². The van der Waals surface area contributed by atoms with Crippen LogP contribution in [0.5, 0.6) is 0 Å². The van der Waals surface area contributed by atoms with Gasteiger partial charge in [0.1, 0.15) is 0 Å². The Bertz CT molecular complexity index is 282. The molecule has 1 rings (SSSR count). The van der Waals surface area contributed by atoms with E-state index in [4.69, 9.17) is 21.1 Å². The maximum atomic E-state index is 5.67. The smallest absolute Gasteiger partial charge is 0.165 e. The Balaban J connectivity index is 2.03. The quantitative estimate of drug-likeness (QED) is 0.479. The minimum absolute atomic E-state index is 0.345. The van der Waals surface area contributed by atoms with Crippen molar-refractivity contribution < 1.29 is 9.47 Å². The third-order valence-corrected chi connectivity index (χ3v) is 2.31. The topological polar surface area (TPSA) is 62.1 Å². The number of alkyl halides is 1. The average molecular weight is 249 g/mol. The highest BCUT2D eigenvalue weighted by molar-refractivity contribution is 6.16. The van der Waals surface area contributed by atoms with Crippen LogP contribution in [0.3, 0.4) is 0 Å². The highest BCUT2D eigenvalue weighted by atomic mass is 35.5. The van der Waals surface area contributed by atoms with E-state index >= 15 is 0 Å². The maximum absolute atomic E-state index is 5.67. The summed E-state index contributed by atoms with van der Waals surface area (Å²) >= 11 is 5.67. The lowest BCUT2D eigenvalue weighted by Crippen LogP contribution is -2.07. The van der Waals surface area contributed by atoms with Crippen molar-refractivity contribution in [3.63, 3.8) is 0 Å². The van der Waals surface area contributed by atoms with Gasteiger partial charge >= 0.3 is 0 Å². The van der Waals surface area contributed by atoms with Gasteiger partial charge in [-0.05, 0) is 23.3 Å². The molecule has 1 aromatic rings. The fraction of sp³-hybridized carbons (Fsp3) is 0.889. The number of nitrogens with zero attached hydrogens (tertiary/aromatic N) is 4. The molecule has 0 radical (unpaired) electrons. The summed E-state index contributed by atoms with van der Waals surface area (Å²) in [5.74, 6) is 1.05. The molecule has 0 aliphatic carbocycles. The molecule has 0 spiro atoms. The minimum Gasteiger partial charge on any atom is -0.382 e. The van der Waals surface area contributed by atoms with Crippen LogP contribution >= 0.6 is 11.6 Å². The molecule has 0 fully saturated rings. The Morgan fingerprint density at radius 2 is 2.12 bits per heavy atom. The lowest BCUT2D eigenvalue weighted by molar-refractivity contribution is 0.0683. The fourth-order valence-electron chi connectivity index (χ4n) is 1.20. The Hall–Kier alpha value is -0.720. The van der Waals surface area contributed by atoms with Crippen molar-refractivity contribution in [3.8, 4) is 0 Å². The molecule has 7 heteroatoms. The first-order chi connectivity index (χ1) is 7.88. The van der Waals surface area contributed by atoms with Crippen molar-refractivity contribution >= 4 is 11.6 Å². The van der Waals surface area contributed by atoms with E-state index < -0.39 is 0 Å². The highest BCUT2D eigenvalue weighted by Crippen LogP contribution is 2.00. The molecule has 0 N–H and O–H groups in total. The van der Waals surface area contributed by atoms with Gasteiger partial charge < -0.3 is 9.47 Å². The van der Waals surface area contributed by atoms with Gasteiger partial charge in [0.2, 0.25) is 0 Å². The first kappa shape index (κ1) is 13.3. The lowest BCUT2D eigenvalue weighted by atomic mass is 10.3. The van der Waals surface area contributed by atoms with Gasteiger partial charge in [-0.3, -0.25) is 0 Å². The van der Waals surface area contributed by atoms with Gasteiger partial charge in [0.15, 0.2) is 5.82 Å². The Labute approximate surface area is 99.9 Å². The molecule has 0 amide bonds. The lowest BCUT2D eigenvalue weighted by Gasteiger charge is -2.04. The van der Waals surface area contributed by atoms with E-state index in [0.29, 0.717) is 24.9 Å².